The number of fused-ring (bicyclic) bond motifs is 1. The fourth-order valence-corrected chi connectivity index (χ4v) is 5.02. The number of thiazole rings is 1. The molecule has 5 rings (SSSR count). The fraction of sp³-hybridized carbons (Fsp3) is 0.273. The molecule has 4 atom stereocenters. The Balaban J connectivity index is 1.57. The van der Waals surface area contributed by atoms with Crippen LogP contribution < -0.4 is 16.2 Å². The largest absolute Gasteiger partial charge is 0.396 e. The van der Waals surface area contributed by atoms with Crippen LogP contribution in [0, 0.1) is 5.92 Å². The Bertz CT molecular complexity index is 1290. The van der Waals surface area contributed by atoms with Crippen LogP contribution in [0.15, 0.2) is 53.6 Å². The fourth-order valence-electron chi connectivity index (χ4n) is 4.01. The molecule has 1 aliphatic carbocycles. The van der Waals surface area contributed by atoms with Crippen LogP contribution in [0.5, 0.6) is 0 Å². The van der Waals surface area contributed by atoms with Gasteiger partial charge in [0.05, 0.1) is 22.4 Å². The van der Waals surface area contributed by atoms with E-state index in [4.69, 9.17) is 0 Å². The van der Waals surface area contributed by atoms with Gasteiger partial charge in [0, 0.05) is 30.6 Å². The molecule has 1 saturated carbocycles. The third kappa shape index (κ3) is 4.18. The molecule has 3 heterocycles. The van der Waals surface area contributed by atoms with Crippen molar-refractivity contribution in [2.75, 3.05) is 17.2 Å². The van der Waals surface area contributed by atoms with Gasteiger partial charge < -0.3 is 26.0 Å². The minimum absolute atomic E-state index is 0.199. The highest BCUT2D eigenvalue weighted by Crippen LogP contribution is 2.34. The smallest absolute Gasteiger partial charge is 0.264 e. The van der Waals surface area contributed by atoms with Gasteiger partial charge in [0.15, 0.2) is 0 Å². The molecule has 0 unspecified atom stereocenters. The molecular formula is C22H22N6O4S. The number of H-pyrrole nitrogens is 1. The third-order valence-corrected chi connectivity index (χ3v) is 6.78. The molecule has 0 bridgehead atoms. The first-order valence-corrected chi connectivity index (χ1v) is 11.3. The van der Waals surface area contributed by atoms with Crippen LogP contribution in [0.25, 0.3) is 20.8 Å². The summed E-state index contributed by atoms with van der Waals surface area (Å²) in [5.74, 6) is -0.0469. The molecule has 0 saturated heterocycles. The Kier molecular flexibility index (Phi) is 5.77. The summed E-state index contributed by atoms with van der Waals surface area (Å²) in [6.45, 7) is -0.251. The van der Waals surface area contributed by atoms with E-state index in [1.165, 1.54) is 11.3 Å². The molecule has 1 aromatic carbocycles. The molecule has 3 aromatic heterocycles. The first-order chi connectivity index (χ1) is 16.0. The van der Waals surface area contributed by atoms with E-state index in [2.05, 4.69) is 30.6 Å². The zero-order chi connectivity index (χ0) is 22.9. The van der Waals surface area contributed by atoms with E-state index in [-0.39, 0.29) is 23.9 Å². The Labute approximate surface area is 192 Å². The maximum atomic E-state index is 13.2. The highest BCUT2D eigenvalue weighted by atomic mass is 32.1. The van der Waals surface area contributed by atoms with Gasteiger partial charge in [-0.25, -0.2) is 4.98 Å². The second-order valence-corrected chi connectivity index (χ2v) is 8.93. The summed E-state index contributed by atoms with van der Waals surface area (Å²) in [6, 6.07) is 10.4. The Morgan fingerprint density at radius 2 is 1.88 bits per heavy atom. The van der Waals surface area contributed by atoms with Crippen LogP contribution in [-0.4, -0.2) is 60.1 Å². The maximum absolute atomic E-state index is 13.2. The van der Waals surface area contributed by atoms with Crippen molar-refractivity contribution in [3.05, 3.63) is 59.1 Å². The van der Waals surface area contributed by atoms with Crippen LogP contribution in [0.3, 0.4) is 0 Å². The van der Waals surface area contributed by atoms with Crippen molar-refractivity contribution in [1.29, 1.82) is 0 Å². The van der Waals surface area contributed by atoms with E-state index in [9.17, 15) is 20.1 Å². The molecule has 0 spiro atoms. The van der Waals surface area contributed by atoms with Gasteiger partial charge in [0.2, 0.25) is 5.95 Å². The summed E-state index contributed by atoms with van der Waals surface area (Å²) in [5, 5.41) is 36.9. The second-order valence-electron chi connectivity index (χ2n) is 7.90. The Morgan fingerprint density at radius 1 is 1.09 bits per heavy atom. The number of pyridine rings is 1. The van der Waals surface area contributed by atoms with Gasteiger partial charge in [-0.15, -0.1) is 11.3 Å². The SMILES string of the molecule is O=c1[nH]c(Nc2ccncc2)nc(N[C@@H]2C[C@H](CO)[C@@H](O)[C@H]2O)c1-c1nc2ccccc2s1. The summed E-state index contributed by atoms with van der Waals surface area (Å²) >= 11 is 1.36. The number of para-hydroxylation sites is 1. The van der Waals surface area contributed by atoms with Gasteiger partial charge in [-0.1, -0.05) is 12.1 Å². The predicted molar refractivity (Wildman–Crippen MR) is 126 cm³/mol. The predicted octanol–water partition coefficient (Wildman–Crippen LogP) is 1.70. The summed E-state index contributed by atoms with van der Waals surface area (Å²) in [5.41, 5.74) is 1.28. The van der Waals surface area contributed by atoms with Gasteiger partial charge in [-0.2, -0.15) is 4.98 Å². The van der Waals surface area contributed by atoms with Crippen LogP contribution in [-0.2, 0) is 0 Å². The van der Waals surface area contributed by atoms with Gasteiger partial charge in [-0.05, 0) is 30.7 Å². The van der Waals surface area contributed by atoms with Crippen molar-refractivity contribution >= 4 is 39.0 Å². The zero-order valence-corrected chi connectivity index (χ0v) is 18.2. The van der Waals surface area contributed by atoms with Crippen LogP contribution in [0.4, 0.5) is 17.5 Å². The molecule has 1 aliphatic rings. The molecule has 1 fully saturated rings. The number of nitrogens with zero attached hydrogens (tertiary/aromatic N) is 3. The van der Waals surface area contributed by atoms with Gasteiger partial charge >= 0.3 is 0 Å². The number of aromatic nitrogens is 4. The molecule has 0 aliphatic heterocycles. The lowest BCUT2D eigenvalue weighted by Gasteiger charge is -2.20. The molecule has 6 N–H and O–H groups in total. The number of anilines is 3. The monoisotopic (exact) mass is 466 g/mol. The van der Waals surface area contributed by atoms with Gasteiger partial charge in [0.25, 0.3) is 5.56 Å². The van der Waals surface area contributed by atoms with Crippen LogP contribution in [0.1, 0.15) is 6.42 Å². The summed E-state index contributed by atoms with van der Waals surface area (Å²) in [7, 11) is 0. The Hall–Kier alpha value is -3.38. The minimum atomic E-state index is -1.12. The lowest BCUT2D eigenvalue weighted by molar-refractivity contribution is 0.00446. The molecule has 0 amide bonds. The van der Waals surface area contributed by atoms with E-state index < -0.39 is 29.7 Å². The average Bonchev–Trinajstić information content (AvgIpc) is 3.35. The molecule has 4 aromatic rings. The number of hydrogen-bond donors (Lipinski definition) is 6. The summed E-state index contributed by atoms with van der Waals surface area (Å²) in [4.78, 5) is 29.1. The van der Waals surface area contributed by atoms with Gasteiger partial charge in [0.1, 0.15) is 22.5 Å². The molecule has 11 heteroatoms. The zero-order valence-electron chi connectivity index (χ0n) is 17.3. The van der Waals surface area contributed by atoms with Crippen molar-refractivity contribution in [2.24, 2.45) is 5.92 Å². The minimum Gasteiger partial charge on any atom is -0.396 e. The Morgan fingerprint density at radius 3 is 2.61 bits per heavy atom. The standard InChI is InChI=1S/C22H22N6O4S/c29-10-11-9-14(18(31)17(11)30)25-19-16(21-26-13-3-1-2-4-15(13)33-21)20(32)28-22(27-19)24-12-5-7-23-8-6-12/h1-8,11,14,17-18,29-31H,9-10H2,(H3,23,24,25,27,28,32)/t11-,14-,17-,18+/m1/s1. The van der Waals surface area contributed by atoms with Crippen molar-refractivity contribution < 1.29 is 15.3 Å². The lowest BCUT2D eigenvalue weighted by atomic mass is 10.1. The number of aromatic amines is 1. The molecule has 10 nitrogen and oxygen atoms in total. The first-order valence-electron chi connectivity index (χ1n) is 10.4. The normalized spacial score (nSPS) is 22.5. The molecule has 170 valence electrons. The van der Waals surface area contributed by atoms with E-state index in [0.29, 0.717) is 17.1 Å². The molecular weight excluding hydrogens is 444 g/mol. The van der Waals surface area contributed by atoms with Crippen molar-refractivity contribution in [3.63, 3.8) is 0 Å². The number of hydrogen-bond acceptors (Lipinski definition) is 10. The number of aliphatic hydroxyl groups is 3. The topological polar surface area (TPSA) is 156 Å². The highest BCUT2D eigenvalue weighted by Gasteiger charge is 2.41. The van der Waals surface area contributed by atoms with E-state index in [1.807, 2.05) is 24.3 Å². The number of rotatable bonds is 6. The molecule has 0 radical (unpaired) electrons. The van der Waals surface area contributed by atoms with E-state index in [0.717, 1.165) is 10.2 Å². The lowest BCUT2D eigenvalue weighted by Crippen LogP contribution is -2.36. The van der Waals surface area contributed by atoms with E-state index in [1.54, 1.807) is 24.5 Å². The number of benzene rings is 1. The second kappa shape index (κ2) is 8.87. The maximum Gasteiger partial charge on any atom is 0.264 e. The first kappa shape index (κ1) is 21.5. The number of nitrogens with one attached hydrogen (secondary N) is 3. The third-order valence-electron chi connectivity index (χ3n) is 5.73. The highest BCUT2D eigenvalue weighted by molar-refractivity contribution is 7.21. The van der Waals surface area contributed by atoms with Crippen molar-refractivity contribution in [2.45, 2.75) is 24.7 Å². The average molecular weight is 467 g/mol. The number of aliphatic hydroxyl groups excluding tert-OH is 3. The summed E-state index contributed by atoms with van der Waals surface area (Å²) in [6.07, 6.45) is 1.35. The van der Waals surface area contributed by atoms with E-state index >= 15 is 0 Å². The van der Waals surface area contributed by atoms with Gasteiger partial charge in [-0.3, -0.25) is 14.8 Å². The quantitative estimate of drug-likeness (QED) is 0.249. The summed E-state index contributed by atoms with van der Waals surface area (Å²) < 4.78 is 0.925. The molecule has 33 heavy (non-hydrogen) atoms. The van der Waals surface area contributed by atoms with Crippen molar-refractivity contribution in [1.82, 2.24) is 19.9 Å². The van der Waals surface area contributed by atoms with Crippen molar-refractivity contribution in [3.8, 4) is 10.6 Å². The van der Waals surface area contributed by atoms with Crippen LogP contribution >= 0.6 is 11.3 Å². The van der Waals surface area contributed by atoms with Crippen LogP contribution in [0.2, 0.25) is 0 Å².